The van der Waals surface area contributed by atoms with Crippen molar-refractivity contribution in [3.63, 3.8) is 0 Å². The van der Waals surface area contributed by atoms with E-state index in [1.807, 2.05) is 19.9 Å². The van der Waals surface area contributed by atoms with E-state index in [-0.39, 0.29) is 19.0 Å². The van der Waals surface area contributed by atoms with Crippen LogP contribution >= 0.6 is 23.2 Å². The van der Waals surface area contributed by atoms with E-state index in [0.717, 1.165) is 0 Å². The minimum Gasteiger partial charge on any atom is -0.444 e. The number of nitrogens with one attached hydrogen (secondary N) is 1. The van der Waals surface area contributed by atoms with Gasteiger partial charge in [0, 0.05) is 37.0 Å². The highest BCUT2D eigenvalue weighted by atomic mass is 35.5. The molecule has 0 saturated heterocycles. The number of halogens is 2. The van der Waals surface area contributed by atoms with Crippen molar-refractivity contribution in [2.75, 3.05) is 25.0 Å². The lowest BCUT2D eigenvalue weighted by molar-refractivity contribution is -0.123. The third-order valence-electron chi connectivity index (χ3n) is 4.95. The van der Waals surface area contributed by atoms with E-state index in [4.69, 9.17) is 32.5 Å². The number of anilines is 1. The molecule has 3 amide bonds. The molecule has 2 rings (SSSR count). The van der Waals surface area contributed by atoms with Crippen LogP contribution in [-0.2, 0) is 14.3 Å². The number of ether oxygens (including phenoxy) is 1. The van der Waals surface area contributed by atoms with E-state index in [2.05, 4.69) is 10.5 Å². The van der Waals surface area contributed by atoms with E-state index in [1.54, 1.807) is 45.0 Å². The second-order valence-electron chi connectivity index (χ2n) is 9.43. The SMILES string of the molecule is CC(C)C(CN(C(=O)C(Cl)Cl)c1cccc(-c2ccno2)c1)NC(=O)CN(C)C(=O)OC(C)(C)C. The average Bonchev–Trinajstić information content (AvgIpc) is 3.29. The number of likely N-dealkylation sites (N-methyl/N-ethyl adjacent to an activating group) is 1. The zero-order valence-corrected chi connectivity index (χ0v) is 22.3. The molecular formula is C24H32Cl2N4O5. The Morgan fingerprint density at radius 2 is 1.86 bits per heavy atom. The van der Waals surface area contributed by atoms with Crippen molar-refractivity contribution in [2.45, 2.75) is 51.1 Å². The smallest absolute Gasteiger partial charge is 0.410 e. The molecule has 11 heteroatoms. The fourth-order valence-electron chi connectivity index (χ4n) is 3.12. The minimum atomic E-state index is -1.30. The maximum absolute atomic E-state index is 12.9. The molecule has 0 radical (unpaired) electrons. The Balaban J connectivity index is 2.20. The first-order chi connectivity index (χ1) is 16.3. The van der Waals surface area contributed by atoms with Crippen molar-refractivity contribution in [3.8, 4) is 11.3 Å². The van der Waals surface area contributed by atoms with Crippen LogP contribution in [0.1, 0.15) is 34.6 Å². The predicted octanol–water partition coefficient (Wildman–Crippen LogP) is 4.49. The van der Waals surface area contributed by atoms with Crippen LogP contribution < -0.4 is 10.2 Å². The van der Waals surface area contributed by atoms with Crippen LogP contribution in [0.25, 0.3) is 11.3 Å². The number of benzene rings is 1. The highest BCUT2D eigenvalue weighted by molar-refractivity contribution is 6.54. The highest BCUT2D eigenvalue weighted by Crippen LogP contribution is 2.26. The molecule has 1 aromatic carbocycles. The first kappa shape index (κ1) is 28.5. The van der Waals surface area contributed by atoms with Gasteiger partial charge >= 0.3 is 6.09 Å². The molecular weight excluding hydrogens is 495 g/mol. The predicted molar refractivity (Wildman–Crippen MR) is 135 cm³/mol. The molecule has 0 fully saturated rings. The Hall–Kier alpha value is -2.78. The molecule has 35 heavy (non-hydrogen) atoms. The zero-order valence-electron chi connectivity index (χ0n) is 20.7. The van der Waals surface area contributed by atoms with E-state index >= 15 is 0 Å². The minimum absolute atomic E-state index is 0.0531. The summed E-state index contributed by atoms with van der Waals surface area (Å²) in [6, 6.07) is 8.33. The van der Waals surface area contributed by atoms with E-state index in [1.165, 1.54) is 23.0 Å². The van der Waals surface area contributed by atoms with Gasteiger partial charge in [0.05, 0.1) is 6.20 Å². The first-order valence-electron chi connectivity index (χ1n) is 11.1. The van der Waals surface area contributed by atoms with Crippen LogP contribution in [0.2, 0.25) is 0 Å². The molecule has 9 nitrogen and oxygen atoms in total. The van der Waals surface area contributed by atoms with Crippen molar-refractivity contribution in [1.29, 1.82) is 0 Å². The Kier molecular flexibility index (Phi) is 9.97. The molecule has 0 saturated carbocycles. The van der Waals surface area contributed by atoms with Gasteiger partial charge in [-0.15, -0.1) is 0 Å². The Morgan fingerprint density at radius 3 is 2.40 bits per heavy atom. The number of alkyl halides is 2. The van der Waals surface area contributed by atoms with Gasteiger partial charge in [-0.2, -0.15) is 0 Å². The monoisotopic (exact) mass is 526 g/mol. The molecule has 0 aliphatic carbocycles. The molecule has 1 N–H and O–H groups in total. The van der Waals surface area contributed by atoms with Gasteiger partial charge in [-0.05, 0) is 38.8 Å². The summed E-state index contributed by atoms with van der Waals surface area (Å²) in [7, 11) is 1.48. The van der Waals surface area contributed by atoms with Crippen molar-refractivity contribution in [1.82, 2.24) is 15.4 Å². The van der Waals surface area contributed by atoms with Crippen LogP contribution in [0.15, 0.2) is 41.1 Å². The number of hydrogen-bond acceptors (Lipinski definition) is 6. The van der Waals surface area contributed by atoms with Crippen LogP contribution in [0.3, 0.4) is 0 Å². The number of carbonyl (C=O) groups excluding carboxylic acids is 3. The zero-order chi connectivity index (χ0) is 26.3. The maximum Gasteiger partial charge on any atom is 0.410 e. The summed E-state index contributed by atoms with van der Waals surface area (Å²) in [5, 5.41) is 6.62. The van der Waals surface area contributed by atoms with Crippen LogP contribution in [-0.4, -0.2) is 64.6 Å². The summed E-state index contributed by atoms with van der Waals surface area (Å²) in [5.74, 6) is -0.448. The van der Waals surface area contributed by atoms with Gasteiger partial charge in [-0.25, -0.2) is 4.79 Å². The third kappa shape index (κ3) is 8.74. The van der Waals surface area contributed by atoms with Gasteiger partial charge in [0.2, 0.25) is 5.91 Å². The van der Waals surface area contributed by atoms with Crippen LogP contribution in [0, 0.1) is 5.92 Å². The normalized spacial score (nSPS) is 12.4. The second kappa shape index (κ2) is 12.3. The summed E-state index contributed by atoms with van der Waals surface area (Å²) in [6.45, 7) is 8.96. The largest absolute Gasteiger partial charge is 0.444 e. The lowest BCUT2D eigenvalue weighted by Gasteiger charge is -2.31. The highest BCUT2D eigenvalue weighted by Gasteiger charge is 2.29. The number of nitrogens with zero attached hydrogens (tertiary/aromatic N) is 3. The van der Waals surface area contributed by atoms with Crippen LogP contribution in [0.5, 0.6) is 0 Å². The Morgan fingerprint density at radius 1 is 1.17 bits per heavy atom. The molecule has 0 aliphatic rings. The van der Waals surface area contributed by atoms with Gasteiger partial charge in [0.15, 0.2) is 10.6 Å². The fourth-order valence-corrected chi connectivity index (χ4v) is 3.36. The molecule has 0 bridgehead atoms. The third-order valence-corrected chi connectivity index (χ3v) is 5.32. The fraction of sp³-hybridized carbons (Fsp3) is 0.500. The molecule has 1 heterocycles. The summed E-state index contributed by atoms with van der Waals surface area (Å²) in [5.41, 5.74) is 0.562. The molecule has 1 aromatic heterocycles. The summed E-state index contributed by atoms with van der Waals surface area (Å²) < 4.78 is 10.5. The Bertz CT molecular complexity index is 1010. The van der Waals surface area contributed by atoms with Gasteiger partial charge < -0.3 is 24.4 Å². The van der Waals surface area contributed by atoms with Gasteiger partial charge in [-0.1, -0.05) is 54.3 Å². The van der Waals surface area contributed by atoms with Gasteiger partial charge in [-0.3, -0.25) is 9.59 Å². The molecule has 0 spiro atoms. The average molecular weight is 527 g/mol. The van der Waals surface area contributed by atoms with Crippen LogP contribution in [0.4, 0.5) is 10.5 Å². The van der Waals surface area contributed by atoms with Crippen molar-refractivity contribution in [2.24, 2.45) is 5.92 Å². The summed E-state index contributed by atoms with van der Waals surface area (Å²) in [4.78, 5) is 39.2. The van der Waals surface area contributed by atoms with Crippen molar-refractivity contribution < 1.29 is 23.6 Å². The molecule has 1 unspecified atom stereocenters. The maximum atomic E-state index is 12.9. The molecule has 1 atom stereocenters. The lowest BCUT2D eigenvalue weighted by Crippen LogP contribution is -2.52. The second-order valence-corrected chi connectivity index (χ2v) is 10.5. The van der Waals surface area contributed by atoms with E-state index in [0.29, 0.717) is 17.0 Å². The summed E-state index contributed by atoms with van der Waals surface area (Å²) in [6.07, 6.45) is 0.916. The summed E-state index contributed by atoms with van der Waals surface area (Å²) >= 11 is 11.9. The molecule has 0 aliphatic heterocycles. The van der Waals surface area contributed by atoms with Crippen molar-refractivity contribution >= 4 is 46.8 Å². The van der Waals surface area contributed by atoms with E-state index in [9.17, 15) is 14.4 Å². The number of hydrogen-bond donors (Lipinski definition) is 1. The Labute approximate surface area is 215 Å². The molecule has 192 valence electrons. The molecule has 2 aromatic rings. The topological polar surface area (TPSA) is 105 Å². The standard InChI is InChI=1S/C24H32Cl2N4O5/c1-15(2)18(28-20(31)14-29(6)23(33)34-24(3,4)5)13-30(22(32)21(25)26)17-9-7-8-16(12-17)19-10-11-27-35-19/h7-12,15,18,21H,13-14H2,1-6H3,(H,28,31). The lowest BCUT2D eigenvalue weighted by atomic mass is 10.0. The quantitative estimate of drug-likeness (QED) is 0.482. The van der Waals surface area contributed by atoms with E-state index < -0.39 is 34.4 Å². The number of carbonyl (C=O) groups is 3. The van der Waals surface area contributed by atoms with Crippen molar-refractivity contribution in [3.05, 3.63) is 36.5 Å². The number of rotatable bonds is 9. The number of aromatic nitrogens is 1. The van der Waals surface area contributed by atoms with Gasteiger partial charge in [0.1, 0.15) is 12.1 Å². The first-order valence-corrected chi connectivity index (χ1v) is 12.0. The van der Waals surface area contributed by atoms with Gasteiger partial charge in [0.25, 0.3) is 5.91 Å². The number of amides is 3.